The van der Waals surface area contributed by atoms with Crippen molar-refractivity contribution in [1.82, 2.24) is 4.98 Å². The van der Waals surface area contributed by atoms with Gasteiger partial charge in [-0.1, -0.05) is 23.7 Å². The fourth-order valence-electron chi connectivity index (χ4n) is 1.35. The molecule has 1 N–H and O–H groups in total. The number of H-pyrrole nitrogens is 1. The summed E-state index contributed by atoms with van der Waals surface area (Å²) in [6.45, 7) is 0.405. The Morgan fingerprint density at radius 2 is 1.93 bits per heavy atom. The van der Waals surface area contributed by atoms with Crippen LogP contribution < -0.4 is 4.74 Å². The highest BCUT2D eigenvalue weighted by Crippen LogP contribution is 2.29. The highest BCUT2D eigenvalue weighted by Gasteiger charge is 2.06. The first-order valence-electron chi connectivity index (χ1n) is 4.34. The fourth-order valence-corrected chi connectivity index (χ4v) is 1.48. The van der Waals surface area contributed by atoms with Gasteiger partial charge in [0.05, 0.1) is 0 Å². The second-order valence-corrected chi connectivity index (χ2v) is 3.39. The maximum atomic E-state index is 10.3. The van der Waals surface area contributed by atoms with Gasteiger partial charge in [0.1, 0.15) is 0 Å². The molecule has 0 unspecified atom stereocenters. The van der Waals surface area contributed by atoms with E-state index in [0.29, 0.717) is 17.2 Å². The normalized spacial score (nSPS) is 9.93. The molecule has 0 amide bonds. The van der Waals surface area contributed by atoms with E-state index in [9.17, 15) is 4.79 Å². The lowest BCUT2D eigenvalue weighted by Gasteiger charge is -2.01. The number of hydrogen-bond acceptors (Lipinski definition) is 2. The summed E-state index contributed by atoms with van der Waals surface area (Å²) in [5.41, 5.74) is 1.77. The van der Waals surface area contributed by atoms with Gasteiger partial charge in [-0.15, -0.1) is 0 Å². The standard InChI is InChI=1S/C11H8ClNO2/c12-9-3-1-8(2-4-9)10-5-13-6-11(10)15-7-14/h1-7,13H. The van der Waals surface area contributed by atoms with Gasteiger partial charge in [0.25, 0.3) is 6.47 Å². The van der Waals surface area contributed by atoms with E-state index in [1.54, 1.807) is 24.5 Å². The fraction of sp³-hybridized carbons (Fsp3) is 0. The number of hydrogen-bond donors (Lipinski definition) is 1. The van der Waals surface area contributed by atoms with Crippen molar-refractivity contribution in [1.29, 1.82) is 0 Å². The van der Waals surface area contributed by atoms with Crippen LogP contribution in [0, 0.1) is 0 Å². The Kier molecular flexibility index (Phi) is 2.74. The molecule has 0 saturated heterocycles. The zero-order valence-corrected chi connectivity index (χ0v) is 8.49. The van der Waals surface area contributed by atoms with E-state index in [1.165, 1.54) is 0 Å². The van der Waals surface area contributed by atoms with Gasteiger partial charge in [-0.3, -0.25) is 4.79 Å². The Hall–Kier alpha value is -1.74. The molecule has 0 radical (unpaired) electrons. The highest BCUT2D eigenvalue weighted by atomic mass is 35.5. The Labute approximate surface area is 91.6 Å². The molecule has 0 saturated carbocycles. The summed E-state index contributed by atoms with van der Waals surface area (Å²) >= 11 is 5.78. The Morgan fingerprint density at radius 3 is 2.60 bits per heavy atom. The third-order valence-electron chi connectivity index (χ3n) is 2.04. The number of nitrogens with one attached hydrogen (secondary N) is 1. The van der Waals surface area contributed by atoms with Gasteiger partial charge in [0.15, 0.2) is 5.75 Å². The Bertz CT molecular complexity index is 462. The lowest BCUT2D eigenvalue weighted by molar-refractivity contribution is -0.120. The number of aromatic amines is 1. The predicted molar refractivity (Wildman–Crippen MR) is 57.9 cm³/mol. The van der Waals surface area contributed by atoms with Gasteiger partial charge in [0, 0.05) is 23.0 Å². The molecule has 15 heavy (non-hydrogen) atoms. The number of benzene rings is 1. The molecule has 0 aliphatic heterocycles. The lowest BCUT2D eigenvalue weighted by Crippen LogP contribution is -1.88. The smallest absolute Gasteiger partial charge is 0.298 e. The van der Waals surface area contributed by atoms with Gasteiger partial charge in [-0.25, -0.2) is 0 Å². The highest BCUT2D eigenvalue weighted by molar-refractivity contribution is 6.30. The molecule has 0 fully saturated rings. The first-order valence-corrected chi connectivity index (χ1v) is 4.72. The van der Waals surface area contributed by atoms with Crippen molar-refractivity contribution in [2.75, 3.05) is 0 Å². The Balaban J connectivity index is 2.40. The van der Waals surface area contributed by atoms with Crippen LogP contribution in [0.5, 0.6) is 5.75 Å². The van der Waals surface area contributed by atoms with Crippen molar-refractivity contribution in [2.45, 2.75) is 0 Å². The summed E-state index contributed by atoms with van der Waals surface area (Å²) in [5.74, 6) is 0.507. The number of aromatic nitrogens is 1. The van der Waals surface area contributed by atoms with Crippen LogP contribution >= 0.6 is 11.6 Å². The predicted octanol–water partition coefficient (Wildman–Crippen LogP) is 2.87. The molecule has 0 aliphatic carbocycles. The number of carbonyl (C=O) groups excluding carboxylic acids is 1. The van der Waals surface area contributed by atoms with E-state index in [1.807, 2.05) is 12.1 Å². The summed E-state index contributed by atoms with van der Waals surface area (Å²) in [6.07, 6.45) is 3.39. The number of halogens is 1. The lowest BCUT2D eigenvalue weighted by atomic mass is 10.1. The number of rotatable bonds is 3. The molecular formula is C11H8ClNO2. The van der Waals surface area contributed by atoms with Crippen LogP contribution in [0.25, 0.3) is 11.1 Å². The summed E-state index contributed by atoms with van der Waals surface area (Å²) in [5, 5.41) is 0.673. The van der Waals surface area contributed by atoms with Crippen molar-refractivity contribution in [3.63, 3.8) is 0 Å². The summed E-state index contributed by atoms with van der Waals surface area (Å²) in [4.78, 5) is 13.1. The van der Waals surface area contributed by atoms with Crippen LogP contribution in [-0.2, 0) is 4.79 Å². The molecule has 0 spiro atoms. The quantitative estimate of drug-likeness (QED) is 0.810. The van der Waals surface area contributed by atoms with Crippen molar-refractivity contribution < 1.29 is 9.53 Å². The topological polar surface area (TPSA) is 42.1 Å². The second kappa shape index (κ2) is 4.19. The molecule has 1 aromatic carbocycles. The minimum atomic E-state index is 0.405. The zero-order valence-electron chi connectivity index (χ0n) is 7.74. The van der Waals surface area contributed by atoms with Crippen molar-refractivity contribution in [3.8, 4) is 16.9 Å². The molecule has 1 heterocycles. The van der Waals surface area contributed by atoms with E-state index in [0.717, 1.165) is 11.1 Å². The maximum Gasteiger partial charge on any atom is 0.298 e. The van der Waals surface area contributed by atoms with E-state index in [2.05, 4.69) is 4.98 Å². The van der Waals surface area contributed by atoms with Crippen molar-refractivity contribution in [2.24, 2.45) is 0 Å². The van der Waals surface area contributed by atoms with Crippen LogP contribution in [0.1, 0.15) is 0 Å². The molecule has 3 nitrogen and oxygen atoms in total. The third-order valence-corrected chi connectivity index (χ3v) is 2.29. The molecule has 0 atom stereocenters. The van der Waals surface area contributed by atoms with E-state index >= 15 is 0 Å². The van der Waals surface area contributed by atoms with Crippen molar-refractivity contribution >= 4 is 18.1 Å². The average molecular weight is 222 g/mol. The first kappa shape index (κ1) is 9.80. The largest absolute Gasteiger partial charge is 0.426 e. The summed E-state index contributed by atoms with van der Waals surface area (Å²) < 4.78 is 4.82. The van der Waals surface area contributed by atoms with Crippen molar-refractivity contribution in [3.05, 3.63) is 41.7 Å². The molecule has 4 heteroatoms. The van der Waals surface area contributed by atoms with E-state index < -0.39 is 0 Å². The van der Waals surface area contributed by atoms with Crippen LogP contribution in [-0.4, -0.2) is 11.5 Å². The monoisotopic (exact) mass is 221 g/mol. The SMILES string of the molecule is O=COc1c[nH]cc1-c1ccc(Cl)cc1. The molecule has 76 valence electrons. The molecule has 0 bridgehead atoms. The zero-order chi connectivity index (χ0) is 10.7. The van der Waals surface area contributed by atoms with Crippen LogP contribution in [0.2, 0.25) is 5.02 Å². The minimum Gasteiger partial charge on any atom is -0.426 e. The molecular weight excluding hydrogens is 214 g/mol. The summed E-state index contributed by atoms with van der Waals surface area (Å²) in [7, 11) is 0. The third kappa shape index (κ3) is 2.02. The molecule has 2 rings (SSSR count). The maximum absolute atomic E-state index is 10.3. The van der Waals surface area contributed by atoms with E-state index in [-0.39, 0.29) is 0 Å². The molecule has 0 aliphatic rings. The average Bonchev–Trinajstić information content (AvgIpc) is 2.68. The first-order chi connectivity index (χ1) is 7.31. The summed E-state index contributed by atoms with van der Waals surface area (Å²) in [6, 6.07) is 7.30. The van der Waals surface area contributed by atoms with Gasteiger partial charge in [-0.2, -0.15) is 0 Å². The van der Waals surface area contributed by atoms with Gasteiger partial charge in [0.2, 0.25) is 0 Å². The second-order valence-electron chi connectivity index (χ2n) is 2.95. The van der Waals surface area contributed by atoms with Crippen LogP contribution in [0.15, 0.2) is 36.7 Å². The minimum absolute atomic E-state index is 0.405. The van der Waals surface area contributed by atoms with Crippen LogP contribution in [0.4, 0.5) is 0 Å². The number of ether oxygens (including phenoxy) is 1. The molecule has 2 aromatic rings. The van der Waals surface area contributed by atoms with Gasteiger partial charge in [-0.05, 0) is 17.7 Å². The van der Waals surface area contributed by atoms with E-state index in [4.69, 9.17) is 16.3 Å². The molecule has 1 aromatic heterocycles. The van der Waals surface area contributed by atoms with Gasteiger partial charge < -0.3 is 9.72 Å². The Morgan fingerprint density at radius 1 is 1.20 bits per heavy atom. The van der Waals surface area contributed by atoms with Crippen LogP contribution in [0.3, 0.4) is 0 Å². The number of carbonyl (C=O) groups is 1. The van der Waals surface area contributed by atoms with Gasteiger partial charge >= 0.3 is 0 Å².